The summed E-state index contributed by atoms with van der Waals surface area (Å²) in [6.07, 6.45) is 5.64. The summed E-state index contributed by atoms with van der Waals surface area (Å²) in [6.45, 7) is 8.11. The quantitative estimate of drug-likeness (QED) is 0.657. The second-order valence-electron chi connectivity index (χ2n) is 10.6. The van der Waals surface area contributed by atoms with Crippen molar-refractivity contribution in [3.63, 3.8) is 0 Å². The van der Waals surface area contributed by atoms with Crippen LogP contribution in [0.25, 0.3) is 0 Å². The van der Waals surface area contributed by atoms with E-state index < -0.39 is 0 Å². The maximum Gasteiger partial charge on any atom is 0.272 e. The zero-order valence-corrected chi connectivity index (χ0v) is 22.0. The molecule has 7 heteroatoms. The fraction of sp³-hybridized carbons (Fsp3) is 0.607. The molecule has 2 aromatic rings. The van der Waals surface area contributed by atoms with Crippen LogP contribution in [0.4, 0.5) is 5.69 Å². The van der Waals surface area contributed by atoms with Crippen LogP contribution in [0.1, 0.15) is 74.6 Å². The van der Waals surface area contributed by atoms with Crippen molar-refractivity contribution in [2.45, 2.75) is 77.9 Å². The number of para-hydroxylation sites is 1. The molecule has 1 fully saturated rings. The van der Waals surface area contributed by atoms with Gasteiger partial charge in [-0.3, -0.25) is 19.2 Å². The first-order chi connectivity index (χ1) is 16.8. The van der Waals surface area contributed by atoms with E-state index in [1.54, 1.807) is 4.68 Å². The molecule has 2 bridgehead atoms. The van der Waals surface area contributed by atoms with Crippen LogP contribution in [0.2, 0.25) is 0 Å². The Morgan fingerprint density at radius 3 is 2.57 bits per heavy atom. The Balaban J connectivity index is 1.74. The van der Waals surface area contributed by atoms with Crippen LogP contribution in [0.3, 0.4) is 0 Å². The summed E-state index contributed by atoms with van der Waals surface area (Å²) in [5.74, 6) is 0.620. The molecule has 1 saturated heterocycles. The molecule has 3 heterocycles. The van der Waals surface area contributed by atoms with Crippen molar-refractivity contribution in [2.75, 3.05) is 25.0 Å². The molecule has 2 atom stereocenters. The predicted molar refractivity (Wildman–Crippen MR) is 139 cm³/mol. The number of hydrogen-bond acceptors (Lipinski definition) is 4. The number of carbonyl (C=O) groups excluding carboxylic acids is 2. The van der Waals surface area contributed by atoms with Crippen molar-refractivity contribution < 1.29 is 9.59 Å². The molecule has 2 amide bonds. The van der Waals surface area contributed by atoms with E-state index in [1.165, 1.54) is 0 Å². The molecule has 4 rings (SSSR count). The Morgan fingerprint density at radius 1 is 1.09 bits per heavy atom. The summed E-state index contributed by atoms with van der Waals surface area (Å²) in [6, 6.07) is 10.8. The van der Waals surface area contributed by atoms with Gasteiger partial charge in [-0.15, -0.1) is 0 Å². The number of hydrogen-bond donors (Lipinski definition) is 0. The van der Waals surface area contributed by atoms with Crippen molar-refractivity contribution in [1.82, 2.24) is 19.6 Å². The third-order valence-electron chi connectivity index (χ3n) is 7.64. The SMILES string of the molecule is CCC(=O)N1CCC2CCCC(CN(C(=O)c3cc(CC(C)C)nn3C)Cc3ccccc31)N2C. The number of likely N-dealkylation sites (N-methyl/N-ethyl adjacent to an activating group) is 1. The third kappa shape index (κ3) is 5.61. The Labute approximate surface area is 210 Å². The number of nitrogens with zero attached hydrogens (tertiary/aromatic N) is 5. The van der Waals surface area contributed by atoms with Crippen LogP contribution in [0, 0.1) is 5.92 Å². The van der Waals surface area contributed by atoms with E-state index in [1.807, 2.05) is 48.0 Å². The summed E-state index contributed by atoms with van der Waals surface area (Å²) in [5, 5.41) is 4.63. The van der Waals surface area contributed by atoms with Crippen LogP contribution in [-0.4, -0.2) is 63.6 Å². The molecule has 2 unspecified atom stereocenters. The number of aromatic nitrogens is 2. The lowest BCUT2D eigenvalue weighted by Gasteiger charge is -2.41. The van der Waals surface area contributed by atoms with E-state index in [9.17, 15) is 9.59 Å². The van der Waals surface area contributed by atoms with Crippen LogP contribution < -0.4 is 4.90 Å². The number of anilines is 1. The topological polar surface area (TPSA) is 61.7 Å². The molecule has 0 radical (unpaired) electrons. The molecule has 0 N–H and O–H groups in total. The maximum atomic E-state index is 14.0. The molecule has 1 aromatic heterocycles. The number of aryl methyl sites for hydroxylation is 1. The van der Waals surface area contributed by atoms with E-state index in [0.29, 0.717) is 49.8 Å². The second-order valence-corrected chi connectivity index (χ2v) is 10.6. The molecular formula is C28H41N5O2. The van der Waals surface area contributed by atoms with Gasteiger partial charge in [-0.05, 0) is 56.3 Å². The van der Waals surface area contributed by atoms with E-state index in [4.69, 9.17) is 0 Å². The highest BCUT2D eigenvalue weighted by Gasteiger charge is 2.33. The van der Waals surface area contributed by atoms with Gasteiger partial charge in [0.1, 0.15) is 5.69 Å². The highest BCUT2D eigenvalue weighted by atomic mass is 16.2. The van der Waals surface area contributed by atoms with Crippen molar-refractivity contribution in [1.29, 1.82) is 0 Å². The Kier molecular flexibility index (Phi) is 7.95. The standard InChI is InChI=1S/C28H41N5O2/c1-6-27(34)33-15-14-23-11-9-12-24(30(23)4)19-32(18-21-10-7-8-13-25(21)33)28(35)26-17-22(16-20(2)3)29-31(26)5/h7-8,10,13,17,20,23-24H,6,9,11-12,14-16,18-19H2,1-5H3. The van der Waals surface area contributed by atoms with Crippen LogP contribution in [0.5, 0.6) is 0 Å². The van der Waals surface area contributed by atoms with Gasteiger partial charge in [-0.25, -0.2) is 0 Å². The Hall–Kier alpha value is -2.67. The van der Waals surface area contributed by atoms with E-state index in [-0.39, 0.29) is 11.8 Å². The summed E-state index contributed by atoms with van der Waals surface area (Å²) >= 11 is 0. The summed E-state index contributed by atoms with van der Waals surface area (Å²) in [5.41, 5.74) is 3.54. The first-order valence-electron chi connectivity index (χ1n) is 13.2. The minimum absolute atomic E-state index is 0.00736. The van der Waals surface area contributed by atoms with E-state index in [2.05, 4.69) is 37.0 Å². The minimum Gasteiger partial charge on any atom is -0.331 e. The van der Waals surface area contributed by atoms with Gasteiger partial charge in [0.15, 0.2) is 0 Å². The van der Waals surface area contributed by atoms with Crippen LogP contribution >= 0.6 is 0 Å². The molecule has 0 aliphatic carbocycles. The summed E-state index contributed by atoms with van der Waals surface area (Å²) in [4.78, 5) is 33.4. The average molecular weight is 480 g/mol. The molecule has 2 aliphatic heterocycles. The average Bonchev–Trinajstić information content (AvgIpc) is 3.19. The lowest BCUT2D eigenvalue weighted by molar-refractivity contribution is -0.118. The van der Waals surface area contributed by atoms with Crippen molar-refractivity contribution in [3.8, 4) is 0 Å². The molecule has 35 heavy (non-hydrogen) atoms. The highest BCUT2D eigenvalue weighted by Crippen LogP contribution is 2.30. The smallest absolute Gasteiger partial charge is 0.272 e. The van der Waals surface area contributed by atoms with Crippen molar-refractivity contribution in [3.05, 3.63) is 47.3 Å². The minimum atomic E-state index is 0.00736. The number of amides is 2. The van der Waals surface area contributed by atoms with Gasteiger partial charge in [-0.1, -0.05) is 45.4 Å². The summed E-state index contributed by atoms with van der Waals surface area (Å²) < 4.78 is 1.73. The third-order valence-corrected chi connectivity index (χ3v) is 7.64. The lowest BCUT2D eigenvalue weighted by atomic mass is 9.93. The Bertz CT molecular complexity index is 1050. The zero-order chi connectivity index (χ0) is 25.1. The predicted octanol–water partition coefficient (Wildman–Crippen LogP) is 4.26. The largest absolute Gasteiger partial charge is 0.331 e. The Morgan fingerprint density at radius 2 is 1.83 bits per heavy atom. The highest BCUT2D eigenvalue weighted by molar-refractivity contribution is 5.95. The van der Waals surface area contributed by atoms with Gasteiger partial charge in [0.2, 0.25) is 5.91 Å². The molecule has 2 aliphatic rings. The maximum absolute atomic E-state index is 14.0. The number of piperidine rings is 1. The molecule has 190 valence electrons. The van der Waals surface area contributed by atoms with E-state index in [0.717, 1.165) is 49.0 Å². The van der Waals surface area contributed by atoms with Gasteiger partial charge < -0.3 is 9.80 Å². The summed E-state index contributed by atoms with van der Waals surface area (Å²) in [7, 11) is 4.06. The normalized spacial score (nSPS) is 21.5. The first-order valence-corrected chi connectivity index (χ1v) is 13.2. The first kappa shape index (κ1) is 25.4. The molecule has 0 saturated carbocycles. The van der Waals surface area contributed by atoms with Crippen LogP contribution in [0.15, 0.2) is 30.3 Å². The van der Waals surface area contributed by atoms with Gasteiger partial charge in [0.05, 0.1) is 5.69 Å². The molecule has 0 spiro atoms. The van der Waals surface area contributed by atoms with Gasteiger partial charge in [0.25, 0.3) is 5.91 Å². The van der Waals surface area contributed by atoms with Gasteiger partial charge >= 0.3 is 0 Å². The number of carbonyl (C=O) groups is 2. The molecular weight excluding hydrogens is 438 g/mol. The van der Waals surface area contributed by atoms with Crippen LogP contribution in [-0.2, 0) is 24.8 Å². The van der Waals surface area contributed by atoms with Gasteiger partial charge in [-0.2, -0.15) is 5.10 Å². The number of fused-ring (bicyclic) bond motifs is 3. The second kappa shape index (κ2) is 10.9. The number of benzene rings is 1. The molecule has 1 aromatic carbocycles. The monoisotopic (exact) mass is 479 g/mol. The van der Waals surface area contributed by atoms with Crippen molar-refractivity contribution >= 4 is 17.5 Å². The number of rotatable bonds is 4. The van der Waals surface area contributed by atoms with Crippen molar-refractivity contribution in [2.24, 2.45) is 13.0 Å². The van der Waals surface area contributed by atoms with Gasteiger partial charge in [0, 0.05) is 50.9 Å². The fourth-order valence-corrected chi connectivity index (χ4v) is 5.70. The fourth-order valence-electron chi connectivity index (χ4n) is 5.70. The lowest BCUT2D eigenvalue weighted by Crippen LogP contribution is -2.51. The molecule has 7 nitrogen and oxygen atoms in total. The van der Waals surface area contributed by atoms with E-state index >= 15 is 0 Å². The zero-order valence-electron chi connectivity index (χ0n) is 22.0.